The molecule has 0 fully saturated rings. The fourth-order valence-corrected chi connectivity index (χ4v) is 0.852. The van der Waals surface area contributed by atoms with Gasteiger partial charge in [-0.1, -0.05) is 11.6 Å². The van der Waals surface area contributed by atoms with Crippen molar-refractivity contribution in [2.24, 2.45) is 5.84 Å². The summed E-state index contributed by atoms with van der Waals surface area (Å²) in [5, 5.41) is 0.763. The number of nitrogens with two attached hydrogens (primary N) is 1. The molecule has 0 saturated heterocycles. The van der Waals surface area contributed by atoms with Gasteiger partial charge in [0.2, 0.25) is 0 Å². The molecule has 1 aromatic carbocycles. The Morgan fingerprint density at radius 3 is 2.55 bits per heavy atom. The second kappa shape index (κ2) is 4.44. The maximum Gasteiger partial charge on any atom is 0.0488 e. The summed E-state index contributed by atoms with van der Waals surface area (Å²) in [7, 11) is 0. The summed E-state index contributed by atoms with van der Waals surface area (Å²) in [4.78, 5) is 0. The minimum atomic E-state index is 0. The van der Waals surface area contributed by atoms with E-state index in [1.807, 2.05) is 25.1 Å². The van der Waals surface area contributed by atoms with E-state index in [2.05, 4.69) is 5.43 Å². The lowest BCUT2D eigenvalue weighted by molar-refractivity contribution is 1.33. The third-order valence-corrected chi connectivity index (χ3v) is 1.75. The standard InChI is InChI=1S/C7H9ClN2.ClH/c1-5-4-6(10-9)2-3-7(5)8;/h2-4,10H,9H2,1H3;1H. The SMILES string of the molecule is Cc1cc(NN)ccc1Cl.Cl. The minimum absolute atomic E-state index is 0. The van der Waals surface area contributed by atoms with Gasteiger partial charge in [-0.3, -0.25) is 5.84 Å². The summed E-state index contributed by atoms with van der Waals surface area (Å²) in [6.45, 7) is 1.93. The van der Waals surface area contributed by atoms with Crippen LogP contribution in [0, 0.1) is 6.92 Å². The van der Waals surface area contributed by atoms with Crippen LogP contribution in [0.25, 0.3) is 0 Å². The number of aryl methyl sites for hydroxylation is 1. The molecule has 0 bridgehead atoms. The first-order valence-corrected chi connectivity index (χ1v) is 3.34. The normalized spacial score (nSPS) is 8.64. The molecule has 3 N–H and O–H groups in total. The fourth-order valence-electron chi connectivity index (χ4n) is 0.734. The zero-order valence-electron chi connectivity index (χ0n) is 6.10. The molecule has 2 nitrogen and oxygen atoms in total. The van der Waals surface area contributed by atoms with Crippen LogP contribution in [-0.2, 0) is 0 Å². The molecule has 0 amide bonds. The molecule has 0 aromatic heterocycles. The van der Waals surface area contributed by atoms with Crippen molar-refractivity contribution in [2.75, 3.05) is 5.43 Å². The molecule has 0 aliphatic rings. The first-order chi connectivity index (χ1) is 4.74. The minimum Gasteiger partial charge on any atom is -0.324 e. The predicted octanol–water partition coefficient (Wildman–Crippen LogP) is 2.36. The van der Waals surface area contributed by atoms with Gasteiger partial charge in [-0.2, -0.15) is 0 Å². The summed E-state index contributed by atoms with van der Waals surface area (Å²) in [6.07, 6.45) is 0. The highest BCUT2D eigenvalue weighted by Gasteiger charge is 1.93. The molecule has 62 valence electrons. The largest absolute Gasteiger partial charge is 0.324 e. The van der Waals surface area contributed by atoms with Crippen molar-refractivity contribution in [1.29, 1.82) is 0 Å². The van der Waals surface area contributed by atoms with E-state index in [1.54, 1.807) is 0 Å². The van der Waals surface area contributed by atoms with Crippen LogP contribution in [0.3, 0.4) is 0 Å². The number of anilines is 1. The third-order valence-electron chi connectivity index (χ3n) is 1.32. The van der Waals surface area contributed by atoms with E-state index < -0.39 is 0 Å². The van der Waals surface area contributed by atoms with Gasteiger partial charge in [-0.05, 0) is 30.7 Å². The lowest BCUT2D eigenvalue weighted by Crippen LogP contribution is -2.06. The molecule has 0 radical (unpaired) electrons. The molecule has 0 unspecified atom stereocenters. The van der Waals surface area contributed by atoms with Gasteiger partial charge in [-0.15, -0.1) is 12.4 Å². The molecular weight excluding hydrogens is 183 g/mol. The zero-order chi connectivity index (χ0) is 7.56. The molecular formula is C7H10Cl2N2. The van der Waals surface area contributed by atoms with Gasteiger partial charge in [0.15, 0.2) is 0 Å². The fraction of sp³-hybridized carbons (Fsp3) is 0.143. The number of benzene rings is 1. The van der Waals surface area contributed by atoms with E-state index in [4.69, 9.17) is 17.4 Å². The smallest absolute Gasteiger partial charge is 0.0488 e. The van der Waals surface area contributed by atoms with Crippen molar-refractivity contribution in [3.05, 3.63) is 28.8 Å². The highest BCUT2D eigenvalue weighted by atomic mass is 35.5. The number of hydrogen-bond acceptors (Lipinski definition) is 2. The molecule has 0 aliphatic carbocycles. The second-order valence-corrected chi connectivity index (χ2v) is 2.52. The molecule has 1 rings (SSSR count). The summed E-state index contributed by atoms with van der Waals surface area (Å²) < 4.78 is 0. The molecule has 11 heavy (non-hydrogen) atoms. The van der Waals surface area contributed by atoms with Gasteiger partial charge >= 0.3 is 0 Å². The summed E-state index contributed by atoms with van der Waals surface area (Å²) in [6, 6.07) is 5.53. The molecule has 0 atom stereocenters. The van der Waals surface area contributed by atoms with E-state index in [1.165, 1.54) is 0 Å². The van der Waals surface area contributed by atoms with E-state index in [0.717, 1.165) is 16.3 Å². The Hall–Kier alpha value is -0.440. The van der Waals surface area contributed by atoms with E-state index in [-0.39, 0.29) is 12.4 Å². The summed E-state index contributed by atoms with van der Waals surface area (Å²) >= 11 is 5.77. The van der Waals surface area contributed by atoms with Gasteiger partial charge in [0.05, 0.1) is 0 Å². The molecule has 1 aromatic rings. The lowest BCUT2D eigenvalue weighted by Gasteiger charge is -2.01. The van der Waals surface area contributed by atoms with E-state index in [0.29, 0.717) is 0 Å². The highest BCUT2D eigenvalue weighted by molar-refractivity contribution is 6.31. The Balaban J connectivity index is 0.000001000. The van der Waals surface area contributed by atoms with Gasteiger partial charge in [0, 0.05) is 10.7 Å². The van der Waals surface area contributed by atoms with Crippen LogP contribution >= 0.6 is 24.0 Å². The predicted molar refractivity (Wildman–Crippen MR) is 51.2 cm³/mol. The average molecular weight is 193 g/mol. The van der Waals surface area contributed by atoms with Crippen LogP contribution in [0.2, 0.25) is 5.02 Å². The Labute approximate surface area is 77.1 Å². The first-order valence-electron chi connectivity index (χ1n) is 2.97. The lowest BCUT2D eigenvalue weighted by atomic mass is 10.2. The van der Waals surface area contributed by atoms with E-state index >= 15 is 0 Å². The average Bonchev–Trinajstić information content (AvgIpc) is 1.95. The van der Waals surface area contributed by atoms with Crippen molar-refractivity contribution >= 4 is 29.7 Å². The van der Waals surface area contributed by atoms with Crippen molar-refractivity contribution < 1.29 is 0 Å². The van der Waals surface area contributed by atoms with Crippen LogP contribution in [0.1, 0.15) is 5.56 Å². The number of hydrazine groups is 1. The van der Waals surface area contributed by atoms with Crippen LogP contribution < -0.4 is 11.3 Å². The molecule has 0 saturated carbocycles. The maximum absolute atomic E-state index is 5.77. The van der Waals surface area contributed by atoms with Crippen molar-refractivity contribution in [2.45, 2.75) is 6.92 Å². The Kier molecular flexibility index (Phi) is 4.26. The van der Waals surface area contributed by atoms with Crippen molar-refractivity contribution in [3.8, 4) is 0 Å². The van der Waals surface area contributed by atoms with Gasteiger partial charge in [0.25, 0.3) is 0 Å². The zero-order valence-corrected chi connectivity index (χ0v) is 7.67. The topological polar surface area (TPSA) is 38.0 Å². The first kappa shape index (κ1) is 10.6. The number of halogens is 2. The van der Waals surface area contributed by atoms with Crippen molar-refractivity contribution in [3.63, 3.8) is 0 Å². The Morgan fingerprint density at radius 1 is 1.45 bits per heavy atom. The number of hydrogen-bond donors (Lipinski definition) is 2. The summed E-state index contributed by atoms with van der Waals surface area (Å²) in [5.41, 5.74) is 4.44. The monoisotopic (exact) mass is 192 g/mol. The Morgan fingerprint density at radius 2 is 2.09 bits per heavy atom. The quantitative estimate of drug-likeness (QED) is 0.530. The number of nitrogen functional groups attached to an aromatic ring is 1. The Bertz CT molecular complexity index is 238. The second-order valence-electron chi connectivity index (χ2n) is 2.11. The third kappa shape index (κ3) is 2.58. The van der Waals surface area contributed by atoms with Crippen LogP contribution in [0.15, 0.2) is 18.2 Å². The van der Waals surface area contributed by atoms with E-state index in [9.17, 15) is 0 Å². The molecule has 0 aliphatic heterocycles. The molecule has 0 heterocycles. The highest BCUT2D eigenvalue weighted by Crippen LogP contribution is 2.18. The van der Waals surface area contributed by atoms with Gasteiger partial charge < -0.3 is 5.43 Å². The van der Waals surface area contributed by atoms with Crippen LogP contribution in [0.4, 0.5) is 5.69 Å². The van der Waals surface area contributed by atoms with Gasteiger partial charge in [-0.25, -0.2) is 0 Å². The van der Waals surface area contributed by atoms with Crippen molar-refractivity contribution in [1.82, 2.24) is 0 Å². The van der Waals surface area contributed by atoms with Crippen LogP contribution in [0.5, 0.6) is 0 Å². The van der Waals surface area contributed by atoms with Gasteiger partial charge in [0.1, 0.15) is 0 Å². The molecule has 4 heteroatoms. The number of nitrogens with one attached hydrogen (secondary N) is 1. The van der Waals surface area contributed by atoms with Crippen LogP contribution in [-0.4, -0.2) is 0 Å². The maximum atomic E-state index is 5.77. The molecule has 0 spiro atoms. The number of rotatable bonds is 1. The summed E-state index contributed by atoms with van der Waals surface area (Å²) in [5.74, 6) is 5.18.